The van der Waals surface area contributed by atoms with Crippen molar-refractivity contribution in [2.24, 2.45) is 0 Å². The Hall–Kier alpha value is -3.22. The van der Waals surface area contributed by atoms with Gasteiger partial charge in [0.05, 0.1) is 18.7 Å². The third kappa shape index (κ3) is 9.15. The van der Waals surface area contributed by atoms with Crippen molar-refractivity contribution in [3.63, 3.8) is 0 Å². The molecule has 0 aliphatic rings. The number of aryl methyl sites for hydroxylation is 1. The molecule has 0 fully saturated rings. The Bertz CT molecular complexity index is 1000. The third-order valence-corrected chi connectivity index (χ3v) is 5.84. The summed E-state index contributed by atoms with van der Waals surface area (Å²) in [5, 5.41) is 12.8. The van der Waals surface area contributed by atoms with Crippen LogP contribution in [0.1, 0.15) is 88.4 Å². The van der Waals surface area contributed by atoms with E-state index in [2.05, 4.69) is 29.3 Å². The molecule has 0 aliphatic heterocycles. The molecule has 188 valence electrons. The van der Waals surface area contributed by atoms with Gasteiger partial charge in [-0.25, -0.2) is 4.79 Å². The van der Waals surface area contributed by atoms with Crippen LogP contribution in [-0.2, 0) is 6.54 Å². The molecule has 0 unspecified atom stereocenters. The first-order valence-corrected chi connectivity index (χ1v) is 13.0. The van der Waals surface area contributed by atoms with E-state index >= 15 is 0 Å². The maximum Gasteiger partial charge on any atom is 0.343 e. The molecule has 0 N–H and O–H groups in total. The van der Waals surface area contributed by atoms with E-state index in [0.29, 0.717) is 23.7 Å². The highest BCUT2D eigenvalue weighted by molar-refractivity contribution is 5.91. The summed E-state index contributed by atoms with van der Waals surface area (Å²) in [5.74, 6) is 1.39. The van der Waals surface area contributed by atoms with Crippen molar-refractivity contribution >= 4 is 5.97 Å². The zero-order valence-electron chi connectivity index (χ0n) is 21.1. The number of carbonyl (C=O) groups is 1. The van der Waals surface area contributed by atoms with Crippen LogP contribution in [0.3, 0.4) is 0 Å². The molecule has 0 spiro atoms. The van der Waals surface area contributed by atoms with Crippen LogP contribution in [0.5, 0.6) is 11.5 Å². The van der Waals surface area contributed by atoms with Crippen molar-refractivity contribution in [2.45, 2.75) is 84.6 Å². The molecule has 0 radical (unpaired) electrons. The topological polar surface area (TPSA) is 79.1 Å². The molecule has 7 heteroatoms. The summed E-state index contributed by atoms with van der Waals surface area (Å²) in [5.41, 5.74) is 1.31. The SMILES string of the molecule is CCCCCCCCn1nnc(-c2ccc(OC(=O)c3ccc(OCCCCCC)cc3)cc2)n1. The quantitative estimate of drug-likeness (QED) is 0.127. The molecule has 35 heavy (non-hydrogen) atoms. The van der Waals surface area contributed by atoms with E-state index in [-0.39, 0.29) is 0 Å². The van der Waals surface area contributed by atoms with Gasteiger partial charge in [-0.2, -0.15) is 4.80 Å². The second kappa shape index (κ2) is 14.9. The summed E-state index contributed by atoms with van der Waals surface area (Å²) in [6, 6.07) is 14.2. The predicted molar refractivity (Wildman–Crippen MR) is 138 cm³/mol. The lowest BCUT2D eigenvalue weighted by Crippen LogP contribution is -2.08. The van der Waals surface area contributed by atoms with Gasteiger partial charge in [0.2, 0.25) is 5.82 Å². The van der Waals surface area contributed by atoms with Gasteiger partial charge >= 0.3 is 5.97 Å². The molecule has 0 saturated carbocycles. The van der Waals surface area contributed by atoms with Crippen LogP contribution in [0.2, 0.25) is 0 Å². The molecule has 3 aromatic rings. The molecule has 2 aromatic carbocycles. The minimum atomic E-state index is -0.407. The smallest absolute Gasteiger partial charge is 0.343 e. The molecule has 0 bridgehead atoms. The number of tetrazole rings is 1. The van der Waals surface area contributed by atoms with Crippen LogP contribution in [0.25, 0.3) is 11.4 Å². The Kier molecular flexibility index (Phi) is 11.2. The number of ether oxygens (including phenoxy) is 2. The number of hydrogen-bond donors (Lipinski definition) is 0. The van der Waals surface area contributed by atoms with Crippen LogP contribution in [0.4, 0.5) is 0 Å². The van der Waals surface area contributed by atoms with Crippen molar-refractivity contribution < 1.29 is 14.3 Å². The molecule has 0 atom stereocenters. The number of nitrogens with zero attached hydrogens (tertiary/aromatic N) is 4. The highest BCUT2D eigenvalue weighted by Crippen LogP contribution is 2.21. The third-order valence-electron chi connectivity index (χ3n) is 5.84. The maximum absolute atomic E-state index is 12.5. The van der Waals surface area contributed by atoms with E-state index < -0.39 is 5.97 Å². The van der Waals surface area contributed by atoms with E-state index in [9.17, 15) is 4.79 Å². The van der Waals surface area contributed by atoms with E-state index in [1.807, 2.05) is 12.1 Å². The summed E-state index contributed by atoms with van der Waals surface area (Å²) in [6.07, 6.45) is 12.0. The van der Waals surface area contributed by atoms with Gasteiger partial charge in [-0.1, -0.05) is 65.2 Å². The number of aromatic nitrogens is 4. The second-order valence-corrected chi connectivity index (χ2v) is 8.82. The van der Waals surface area contributed by atoms with Crippen molar-refractivity contribution in [1.29, 1.82) is 0 Å². The van der Waals surface area contributed by atoms with Gasteiger partial charge in [0, 0.05) is 5.56 Å². The average Bonchev–Trinajstić information content (AvgIpc) is 3.36. The number of carbonyl (C=O) groups excluding carboxylic acids is 1. The summed E-state index contributed by atoms with van der Waals surface area (Å²) in [7, 11) is 0. The van der Waals surface area contributed by atoms with Crippen molar-refractivity contribution in [1.82, 2.24) is 20.2 Å². The summed E-state index contributed by atoms with van der Waals surface area (Å²) >= 11 is 0. The lowest BCUT2D eigenvalue weighted by molar-refractivity contribution is 0.0734. The Labute approximate surface area is 208 Å². The number of benzene rings is 2. The van der Waals surface area contributed by atoms with Crippen LogP contribution in [0.15, 0.2) is 48.5 Å². The van der Waals surface area contributed by atoms with Gasteiger partial charge in [-0.15, -0.1) is 10.2 Å². The average molecular weight is 479 g/mol. The van der Waals surface area contributed by atoms with Gasteiger partial charge < -0.3 is 9.47 Å². The molecule has 0 saturated heterocycles. The number of esters is 1. The Balaban J connectivity index is 1.44. The van der Waals surface area contributed by atoms with E-state index in [1.54, 1.807) is 41.2 Å². The van der Waals surface area contributed by atoms with Crippen molar-refractivity contribution in [3.05, 3.63) is 54.1 Å². The molecule has 1 aromatic heterocycles. The fourth-order valence-corrected chi connectivity index (χ4v) is 3.73. The highest BCUT2D eigenvalue weighted by atomic mass is 16.5. The molecule has 3 rings (SSSR count). The van der Waals surface area contributed by atoms with Gasteiger partial charge in [-0.3, -0.25) is 0 Å². The fourth-order valence-electron chi connectivity index (χ4n) is 3.73. The molecule has 7 nitrogen and oxygen atoms in total. The van der Waals surface area contributed by atoms with Crippen LogP contribution in [0, 0.1) is 0 Å². The summed E-state index contributed by atoms with van der Waals surface area (Å²) in [4.78, 5) is 14.2. The summed E-state index contributed by atoms with van der Waals surface area (Å²) < 4.78 is 11.2. The molecule has 1 heterocycles. The zero-order valence-corrected chi connectivity index (χ0v) is 21.1. The second-order valence-electron chi connectivity index (χ2n) is 8.82. The lowest BCUT2D eigenvalue weighted by Gasteiger charge is -2.08. The number of unbranched alkanes of at least 4 members (excludes halogenated alkanes) is 8. The Morgan fingerprint density at radius 1 is 0.771 bits per heavy atom. The van der Waals surface area contributed by atoms with Crippen LogP contribution < -0.4 is 9.47 Å². The standard InChI is InChI=1S/C28H38N4O3/c1-3-5-7-9-10-11-21-32-30-27(29-31-32)23-13-19-26(20-14-23)35-28(33)24-15-17-25(18-16-24)34-22-12-8-6-4-2/h13-20H,3-12,21-22H2,1-2H3. The van der Waals surface area contributed by atoms with Crippen LogP contribution in [-0.4, -0.2) is 32.8 Å². The molecule has 0 amide bonds. The maximum atomic E-state index is 12.5. The van der Waals surface area contributed by atoms with Gasteiger partial charge in [0.1, 0.15) is 11.5 Å². The fraction of sp³-hybridized carbons (Fsp3) is 0.500. The monoisotopic (exact) mass is 478 g/mol. The van der Waals surface area contributed by atoms with Crippen LogP contribution >= 0.6 is 0 Å². The lowest BCUT2D eigenvalue weighted by atomic mass is 10.1. The minimum absolute atomic E-state index is 0.407. The predicted octanol–water partition coefficient (Wildman–Crippen LogP) is 6.88. The van der Waals surface area contributed by atoms with Gasteiger partial charge in [0.15, 0.2) is 0 Å². The Morgan fingerprint density at radius 3 is 2.11 bits per heavy atom. The zero-order chi connectivity index (χ0) is 24.7. The van der Waals surface area contributed by atoms with E-state index in [4.69, 9.17) is 9.47 Å². The van der Waals surface area contributed by atoms with E-state index in [0.717, 1.165) is 30.7 Å². The first kappa shape index (κ1) is 26.4. The van der Waals surface area contributed by atoms with Crippen molar-refractivity contribution in [3.8, 4) is 22.9 Å². The molecule has 0 aliphatic carbocycles. The first-order valence-electron chi connectivity index (χ1n) is 13.0. The van der Waals surface area contributed by atoms with E-state index in [1.165, 1.54) is 51.4 Å². The summed E-state index contributed by atoms with van der Waals surface area (Å²) in [6.45, 7) is 5.88. The van der Waals surface area contributed by atoms with Crippen molar-refractivity contribution in [2.75, 3.05) is 6.61 Å². The number of hydrogen-bond acceptors (Lipinski definition) is 6. The number of rotatable bonds is 16. The largest absolute Gasteiger partial charge is 0.494 e. The minimum Gasteiger partial charge on any atom is -0.494 e. The first-order chi connectivity index (χ1) is 17.2. The van der Waals surface area contributed by atoms with Gasteiger partial charge in [-0.05, 0) is 66.6 Å². The highest BCUT2D eigenvalue weighted by Gasteiger charge is 2.11. The molecular formula is C28H38N4O3. The normalized spacial score (nSPS) is 10.9. The molecular weight excluding hydrogens is 440 g/mol. The van der Waals surface area contributed by atoms with Gasteiger partial charge in [0.25, 0.3) is 0 Å². The Morgan fingerprint density at radius 2 is 1.40 bits per heavy atom.